The summed E-state index contributed by atoms with van der Waals surface area (Å²) in [6.07, 6.45) is 4.46. The maximum Gasteiger partial charge on any atom is 0.249 e. The van der Waals surface area contributed by atoms with Gasteiger partial charge < -0.3 is 4.57 Å². The molecule has 1 aliphatic rings. The third-order valence-corrected chi connectivity index (χ3v) is 6.39. The SMILES string of the molecule is Cc1ncsc1CCS(=O)(=O)c1nnc2n1CCCCC2. The fourth-order valence-corrected chi connectivity index (χ4v) is 4.84. The van der Waals surface area contributed by atoms with Crippen molar-refractivity contribution in [2.75, 3.05) is 5.75 Å². The summed E-state index contributed by atoms with van der Waals surface area (Å²) in [6, 6.07) is 0. The van der Waals surface area contributed by atoms with E-state index in [1.807, 2.05) is 6.92 Å². The van der Waals surface area contributed by atoms with Crippen LogP contribution in [0.25, 0.3) is 0 Å². The molecule has 8 heteroatoms. The van der Waals surface area contributed by atoms with E-state index in [1.54, 1.807) is 10.1 Å². The van der Waals surface area contributed by atoms with Crippen LogP contribution < -0.4 is 0 Å². The number of fused-ring (bicyclic) bond motifs is 1. The fraction of sp³-hybridized carbons (Fsp3) is 0.615. The van der Waals surface area contributed by atoms with Gasteiger partial charge in [0.25, 0.3) is 0 Å². The molecule has 0 spiro atoms. The second kappa shape index (κ2) is 5.84. The molecule has 0 N–H and O–H groups in total. The zero-order chi connectivity index (χ0) is 14.9. The minimum atomic E-state index is -3.40. The van der Waals surface area contributed by atoms with Crippen molar-refractivity contribution in [1.29, 1.82) is 0 Å². The van der Waals surface area contributed by atoms with Gasteiger partial charge in [-0.15, -0.1) is 21.5 Å². The van der Waals surface area contributed by atoms with E-state index in [0.717, 1.165) is 42.1 Å². The lowest BCUT2D eigenvalue weighted by molar-refractivity contribution is 0.547. The maximum atomic E-state index is 12.5. The minimum absolute atomic E-state index is 0.0637. The number of rotatable bonds is 4. The van der Waals surface area contributed by atoms with Gasteiger partial charge in [-0.05, 0) is 26.2 Å². The van der Waals surface area contributed by atoms with Crippen LogP contribution in [0.1, 0.15) is 35.7 Å². The van der Waals surface area contributed by atoms with Gasteiger partial charge in [0, 0.05) is 17.8 Å². The smallest absolute Gasteiger partial charge is 0.249 e. The van der Waals surface area contributed by atoms with E-state index in [1.165, 1.54) is 11.3 Å². The Hall–Kier alpha value is -1.28. The molecule has 0 fully saturated rings. The van der Waals surface area contributed by atoms with Crippen molar-refractivity contribution in [2.24, 2.45) is 0 Å². The molecular formula is C13H18N4O2S2. The highest BCUT2D eigenvalue weighted by Gasteiger charge is 2.25. The number of thiazole rings is 1. The molecule has 0 unspecified atom stereocenters. The van der Waals surface area contributed by atoms with E-state index in [2.05, 4.69) is 15.2 Å². The predicted molar refractivity (Wildman–Crippen MR) is 80.2 cm³/mol. The largest absolute Gasteiger partial charge is 0.302 e. The van der Waals surface area contributed by atoms with Crippen LogP contribution in [0.4, 0.5) is 0 Å². The van der Waals surface area contributed by atoms with Crippen LogP contribution in [-0.2, 0) is 29.2 Å². The van der Waals surface area contributed by atoms with Crippen molar-refractivity contribution in [3.05, 3.63) is 21.9 Å². The summed E-state index contributed by atoms with van der Waals surface area (Å²) >= 11 is 1.50. The minimum Gasteiger partial charge on any atom is -0.302 e. The van der Waals surface area contributed by atoms with Crippen LogP contribution in [0, 0.1) is 6.92 Å². The molecule has 0 saturated heterocycles. The Balaban J connectivity index is 1.82. The Morgan fingerprint density at radius 1 is 1.29 bits per heavy atom. The molecule has 0 atom stereocenters. The summed E-state index contributed by atoms with van der Waals surface area (Å²) in [7, 11) is -3.40. The predicted octanol–water partition coefficient (Wildman–Crippen LogP) is 1.79. The second-order valence-corrected chi connectivity index (χ2v) is 8.23. The van der Waals surface area contributed by atoms with Crippen LogP contribution in [-0.4, -0.2) is 33.9 Å². The maximum absolute atomic E-state index is 12.5. The average Bonchev–Trinajstić information content (AvgIpc) is 2.97. The van der Waals surface area contributed by atoms with Gasteiger partial charge in [0.2, 0.25) is 15.0 Å². The van der Waals surface area contributed by atoms with Crippen LogP contribution in [0.2, 0.25) is 0 Å². The van der Waals surface area contributed by atoms with Gasteiger partial charge in [0.05, 0.1) is 17.0 Å². The molecule has 21 heavy (non-hydrogen) atoms. The van der Waals surface area contributed by atoms with Crippen molar-refractivity contribution in [3.63, 3.8) is 0 Å². The number of nitrogens with zero attached hydrogens (tertiary/aromatic N) is 4. The van der Waals surface area contributed by atoms with Crippen molar-refractivity contribution in [2.45, 2.75) is 50.7 Å². The summed E-state index contributed by atoms with van der Waals surface area (Å²) in [6.45, 7) is 2.61. The molecule has 3 rings (SSSR count). The number of hydrogen-bond donors (Lipinski definition) is 0. The van der Waals surface area contributed by atoms with Gasteiger partial charge in [-0.1, -0.05) is 6.42 Å². The first-order valence-corrected chi connectivity index (χ1v) is 9.65. The lowest BCUT2D eigenvalue weighted by Gasteiger charge is -2.07. The van der Waals surface area contributed by atoms with Crippen molar-refractivity contribution in [1.82, 2.24) is 19.7 Å². The van der Waals surface area contributed by atoms with Crippen molar-refractivity contribution < 1.29 is 8.42 Å². The van der Waals surface area contributed by atoms with Crippen LogP contribution >= 0.6 is 11.3 Å². The van der Waals surface area contributed by atoms with Gasteiger partial charge in [-0.2, -0.15) is 0 Å². The summed E-state index contributed by atoms with van der Waals surface area (Å²) in [4.78, 5) is 5.18. The third kappa shape index (κ3) is 3.01. The topological polar surface area (TPSA) is 77.7 Å². The number of aryl methyl sites for hydroxylation is 3. The highest BCUT2D eigenvalue weighted by molar-refractivity contribution is 7.91. The fourth-order valence-electron chi connectivity index (χ4n) is 2.57. The molecule has 114 valence electrons. The number of sulfone groups is 1. The van der Waals surface area contributed by atoms with Crippen LogP contribution in [0.3, 0.4) is 0 Å². The Labute approximate surface area is 128 Å². The van der Waals surface area contributed by atoms with Crippen LogP contribution in [0.15, 0.2) is 10.7 Å². The molecule has 0 bridgehead atoms. The number of aromatic nitrogens is 4. The van der Waals surface area contributed by atoms with E-state index >= 15 is 0 Å². The molecule has 1 aliphatic heterocycles. The molecule has 0 amide bonds. The Morgan fingerprint density at radius 2 is 2.14 bits per heavy atom. The second-order valence-electron chi connectivity index (χ2n) is 5.29. The standard InChI is InChI=1S/C13H18N4O2S2/c1-10-11(20-9-14-10)6-8-21(18,19)13-16-15-12-5-3-2-4-7-17(12)13/h9H,2-8H2,1H3. The lowest BCUT2D eigenvalue weighted by Crippen LogP contribution is -2.16. The molecule has 6 nitrogen and oxygen atoms in total. The first kappa shape index (κ1) is 14.6. The summed E-state index contributed by atoms with van der Waals surface area (Å²) in [5, 5.41) is 8.16. The van der Waals surface area contributed by atoms with E-state index in [4.69, 9.17) is 0 Å². The molecule has 2 aromatic heterocycles. The zero-order valence-electron chi connectivity index (χ0n) is 11.9. The molecule has 0 aromatic carbocycles. The summed E-state index contributed by atoms with van der Waals surface area (Å²) in [5.41, 5.74) is 2.66. The summed E-state index contributed by atoms with van der Waals surface area (Å²) in [5.74, 6) is 0.869. The van der Waals surface area contributed by atoms with E-state index < -0.39 is 9.84 Å². The van der Waals surface area contributed by atoms with E-state index in [-0.39, 0.29) is 10.9 Å². The van der Waals surface area contributed by atoms with Gasteiger partial charge in [0.1, 0.15) is 5.82 Å². The highest BCUT2D eigenvalue weighted by Crippen LogP contribution is 2.20. The molecule has 0 saturated carbocycles. The molecule has 2 aromatic rings. The average molecular weight is 326 g/mol. The quantitative estimate of drug-likeness (QED) is 0.856. The lowest BCUT2D eigenvalue weighted by atomic mass is 10.2. The van der Waals surface area contributed by atoms with Gasteiger partial charge in [0.15, 0.2) is 0 Å². The highest BCUT2D eigenvalue weighted by atomic mass is 32.2. The normalized spacial score (nSPS) is 15.7. The number of hydrogen-bond acceptors (Lipinski definition) is 6. The molecule has 3 heterocycles. The molecule has 0 radical (unpaired) electrons. The first-order valence-electron chi connectivity index (χ1n) is 7.12. The van der Waals surface area contributed by atoms with Crippen LogP contribution in [0.5, 0.6) is 0 Å². The van der Waals surface area contributed by atoms with Gasteiger partial charge in [-0.25, -0.2) is 13.4 Å². The first-order chi connectivity index (χ1) is 10.1. The van der Waals surface area contributed by atoms with Gasteiger partial charge >= 0.3 is 0 Å². The Bertz CT molecular complexity index is 733. The van der Waals surface area contributed by atoms with Gasteiger partial charge in [-0.3, -0.25) is 0 Å². The Morgan fingerprint density at radius 3 is 2.90 bits per heavy atom. The van der Waals surface area contributed by atoms with Crippen molar-refractivity contribution in [3.8, 4) is 0 Å². The van der Waals surface area contributed by atoms with Crippen molar-refractivity contribution >= 4 is 21.2 Å². The molecule has 0 aliphatic carbocycles. The van der Waals surface area contributed by atoms with E-state index in [0.29, 0.717) is 13.0 Å². The zero-order valence-corrected chi connectivity index (χ0v) is 13.6. The molecular weight excluding hydrogens is 308 g/mol. The van der Waals surface area contributed by atoms with E-state index in [9.17, 15) is 8.42 Å². The Kier molecular flexibility index (Phi) is 4.08. The summed E-state index contributed by atoms with van der Waals surface area (Å²) < 4.78 is 26.9. The monoisotopic (exact) mass is 326 g/mol. The third-order valence-electron chi connectivity index (χ3n) is 3.80.